The van der Waals surface area contributed by atoms with Gasteiger partial charge in [-0.1, -0.05) is 59.8 Å². The molecule has 3 aromatic carbocycles. The van der Waals surface area contributed by atoms with E-state index in [1.165, 1.54) is 16.7 Å². The van der Waals surface area contributed by atoms with Crippen LogP contribution in [-0.4, -0.2) is 37.8 Å². The van der Waals surface area contributed by atoms with Crippen molar-refractivity contribution < 1.29 is 19.1 Å². The molecule has 4 rings (SSSR count). The van der Waals surface area contributed by atoms with Crippen molar-refractivity contribution in [3.05, 3.63) is 99.5 Å². The minimum Gasteiger partial charge on any atom is -0.493 e. The first-order chi connectivity index (χ1) is 18.4. The molecule has 1 atom stereocenters. The molecule has 1 N–H and O–H groups in total. The molecule has 0 saturated carbocycles. The van der Waals surface area contributed by atoms with Crippen LogP contribution in [0.4, 0.5) is 5.69 Å². The van der Waals surface area contributed by atoms with Crippen molar-refractivity contribution in [3.8, 4) is 17.6 Å². The Balaban J connectivity index is 1.55. The minimum absolute atomic E-state index is 0.0990. The van der Waals surface area contributed by atoms with Crippen LogP contribution in [0.5, 0.6) is 11.5 Å². The van der Waals surface area contributed by atoms with E-state index in [1.54, 1.807) is 44.6 Å². The van der Waals surface area contributed by atoms with Gasteiger partial charge in [0.2, 0.25) is 5.91 Å². The summed E-state index contributed by atoms with van der Waals surface area (Å²) in [5, 5.41) is 13.3. The van der Waals surface area contributed by atoms with Crippen molar-refractivity contribution in [3.63, 3.8) is 0 Å². The van der Waals surface area contributed by atoms with E-state index in [1.807, 2.05) is 48.5 Å². The maximum Gasteiger partial charge on any atom is 0.264 e. The monoisotopic (exact) mass is 547 g/mol. The van der Waals surface area contributed by atoms with Crippen molar-refractivity contribution in [2.45, 2.75) is 18.1 Å². The molecule has 194 valence electrons. The quantitative estimate of drug-likeness (QED) is 0.294. The summed E-state index contributed by atoms with van der Waals surface area (Å²) in [6.07, 6.45) is 0.959. The third-order valence-electron chi connectivity index (χ3n) is 6.00. The molecule has 7 nitrogen and oxygen atoms in total. The van der Waals surface area contributed by atoms with Crippen LogP contribution in [-0.2, 0) is 22.4 Å². The van der Waals surface area contributed by atoms with Crippen LogP contribution < -0.4 is 19.7 Å². The van der Waals surface area contributed by atoms with Gasteiger partial charge in [-0.25, -0.2) is 0 Å². The van der Waals surface area contributed by atoms with Gasteiger partial charge >= 0.3 is 0 Å². The molecule has 1 aliphatic heterocycles. The Bertz CT molecular complexity index is 1390. The first kappa shape index (κ1) is 27.1. The van der Waals surface area contributed by atoms with Crippen molar-refractivity contribution in [1.29, 1.82) is 5.26 Å². The molecule has 2 amide bonds. The number of halogens is 1. The number of nitriles is 1. The Morgan fingerprint density at radius 1 is 1.03 bits per heavy atom. The Morgan fingerprint density at radius 3 is 2.37 bits per heavy atom. The second-order valence-electron chi connectivity index (χ2n) is 8.43. The first-order valence-corrected chi connectivity index (χ1v) is 13.1. The normalized spacial score (nSPS) is 16.1. The third-order valence-corrected chi connectivity index (χ3v) is 7.52. The summed E-state index contributed by atoms with van der Waals surface area (Å²) in [5.74, 6) is 0.504. The number of hydrogen-bond acceptors (Lipinski definition) is 6. The summed E-state index contributed by atoms with van der Waals surface area (Å²) in [7, 11) is 3.13. The number of para-hydroxylation sites is 1. The number of anilines is 1. The van der Waals surface area contributed by atoms with Crippen LogP contribution in [0.3, 0.4) is 0 Å². The maximum atomic E-state index is 13.5. The predicted molar refractivity (Wildman–Crippen MR) is 149 cm³/mol. The van der Waals surface area contributed by atoms with Crippen LogP contribution in [0.25, 0.3) is 0 Å². The number of ether oxygens (including phenoxy) is 2. The molecule has 1 saturated heterocycles. The van der Waals surface area contributed by atoms with Gasteiger partial charge in [0.05, 0.1) is 19.5 Å². The lowest BCUT2D eigenvalue weighted by Gasteiger charge is -2.18. The van der Waals surface area contributed by atoms with Gasteiger partial charge < -0.3 is 14.8 Å². The van der Waals surface area contributed by atoms with Crippen LogP contribution >= 0.6 is 23.4 Å². The van der Waals surface area contributed by atoms with E-state index >= 15 is 0 Å². The number of methoxy groups -OCH3 is 2. The summed E-state index contributed by atoms with van der Waals surface area (Å²) in [5.41, 5.74) is 2.38. The predicted octanol–water partition coefficient (Wildman–Crippen LogP) is 5.14. The Kier molecular flexibility index (Phi) is 8.95. The molecular formula is C29H26ClN3O4S. The fraction of sp³-hybridized carbons (Fsp3) is 0.207. The lowest BCUT2D eigenvalue weighted by atomic mass is 10.1. The zero-order chi connectivity index (χ0) is 27.1. The number of nitrogens with zero attached hydrogens (tertiary/aromatic N) is 2. The van der Waals surface area contributed by atoms with Gasteiger partial charge in [0.25, 0.3) is 5.91 Å². The maximum absolute atomic E-state index is 13.5. The molecule has 38 heavy (non-hydrogen) atoms. The van der Waals surface area contributed by atoms with E-state index in [0.29, 0.717) is 46.6 Å². The third kappa shape index (κ3) is 6.13. The topological polar surface area (TPSA) is 91.7 Å². The Morgan fingerprint density at radius 2 is 1.71 bits per heavy atom. The summed E-state index contributed by atoms with van der Waals surface area (Å²) in [6, 6.07) is 23.9. The van der Waals surface area contributed by atoms with Gasteiger partial charge in [-0.05, 0) is 60.4 Å². The lowest BCUT2D eigenvalue weighted by Crippen LogP contribution is -2.32. The average Bonchev–Trinajstić information content (AvgIpc) is 3.25. The summed E-state index contributed by atoms with van der Waals surface area (Å²) in [6.45, 7) is 0.297. The number of hydrogen-bond donors (Lipinski definition) is 1. The van der Waals surface area contributed by atoms with Gasteiger partial charge in [0.15, 0.2) is 11.5 Å². The number of benzene rings is 3. The molecule has 0 aliphatic carbocycles. The van der Waals surface area contributed by atoms with Crippen LogP contribution in [0.2, 0.25) is 5.02 Å². The summed E-state index contributed by atoms with van der Waals surface area (Å²) < 4.78 is 10.6. The van der Waals surface area contributed by atoms with Crippen LogP contribution in [0.15, 0.2) is 83.4 Å². The van der Waals surface area contributed by atoms with Crippen LogP contribution in [0.1, 0.15) is 11.1 Å². The first-order valence-electron chi connectivity index (χ1n) is 11.9. The Labute approximate surface area is 231 Å². The molecule has 9 heteroatoms. The zero-order valence-electron chi connectivity index (χ0n) is 20.9. The molecule has 0 aromatic heterocycles. The average molecular weight is 548 g/mol. The minimum atomic E-state index is -0.531. The SMILES string of the molecule is COc1ccc(CCNC(=O)C(C#N)=C2SC(Cc3ccc(Cl)cc3)C(=O)N2c2ccccc2)cc1OC. The molecule has 1 heterocycles. The smallest absolute Gasteiger partial charge is 0.264 e. The molecule has 0 bridgehead atoms. The van der Waals surface area contributed by atoms with Gasteiger partial charge in [-0.2, -0.15) is 5.26 Å². The molecular weight excluding hydrogens is 522 g/mol. The van der Waals surface area contributed by atoms with Crippen molar-refractivity contribution >= 4 is 40.9 Å². The molecule has 1 aliphatic rings. The number of nitrogens with one attached hydrogen (secondary N) is 1. The highest BCUT2D eigenvalue weighted by atomic mass is 35.5. The van der Waals surface area contributed by atoms with Crippen molar-refractivity contribution in [2.24, 2.45) is 0 Å². The fourth-order valence-electron chi connectivity index (χ4n) is 4.08. The van der Waals surface area contributed by atoms with Crippen molar-refractivity contribution in [1.82, 2.24) is 5.32 Å². The second kappa shape index (κ2) is 12.5. The zero-order valence-corrected chi connectivity index (χ0v) is 22.5. The summed E-state index contributed by atoms with van der Waals surface area (Å²) in [4.78, 5) is 28.2. The lowest BCUT2D eigenvalue weighted by molar-refractivity contribution is -0.117. The number of amides is 2. The van der Waals surface area contributed by atoms with E-state index < -0.39 is 11.2 Å². The van der Waals surface area contributed by atoms with Gasteiger partial charge in [-0.3, -0.25) is 14.5 Å². The van der Waals surface area contributed by atoms with Gasteiger partial charge in [0, 0.05) is 17.3 Å². The highest BCUT2D eigenvalue weighted by molar-refractivity contribution is 8.05. The van der Waals surface area contributed by atoms with E-state index in [2.05, 4.69) is 5.32 Å². The molecule has 0 radical (unpaired) electrons. The number of thioether (sulfide) groups is 1. The summed E-state index contributed by atoms with van der Waals surface area (Å²) >= 11 is 7.24. The second-order valence-corrected chi connectivity index (χ2v) is 10.1. The largest absolute Gasteiger partial charge is 0.493 e. The van der Waals surface area contributed by atoms with E-state index in [9.17, 15) is 14.9 Å². The molecule has 0 spiro atoms. The van der Waals surface area contributed by atoms with Gasteiger partial charge in [-0.15, -0.1) is 0 Å². The van der Waals surface area contributed by atoms with E-state index in [-0.39, 0.29) is 11.5 Å². The van der Waals surface area contributed by atoms with E-state index in [4.69, 9.17) is 21.1 Å². The molecule has 1 unspecified atom stereocenters. The van der Waals surface area contributed by atoms with Gasteiger partial charge in [0.1, 0.15) is 16.7 Å². The number of rotatable bonds is 9. The number of carbonyl (C=O) groups excluding carboxylic acids is 2. The van der Waals surface area contributed by atoms with Crippen LogP contribution in [0, 0.1) is 11.3 Å². The van der Waals surface area contributed by atoms with Crippen molar-refractivity contribution in [2.75, 3.05) is 25.7 Å². The highest BCUT2D eigenvalue weighted by Gasteiger charge is 2.40. The highest BCUT2D eigenvalue weighted by Crippen LogP contribution is 2.42. The Hall–Kier alpha value is -3.93. The standard InChI is InChI=1S/C29H26ClN3O4S/c1-36-24-13-10-20(16-25(24)37-2)14-15-32-27(34)23(18-31)29-33(22-6-4-3-5-7-22)28(35)26(38-29)17-19-8-11-21(30)12-9-19/h3-13,16,26H,14-15,17H2,1-2H3,(H,32,34). The molecule has 3 aromatic rings. The fourth-order valence-corrected chi connectivity index (χ4v) is 5.51. The number of carbonyl (C=O) groups is 2. The molecule has 1 fully saturated rings. The van der Waals surface area contributed by atoms with E-state index in [0.717, 1.165) is 11.1 Å².